The lowest BCUT2D eigenvalue weighted by Gasteiger charge is -2.30. The Kier molecular flexibility index (Phi) is 6.02. The Labute approximate surface area is 122 Å². The van der Waals surface area contributed by atoms with E-state index in [1.165, 1.54) is 0 Å². The zero-order chi connectivity index (χ0) is 15.3. The molecule has 0 bridgehead atoms. The Morgan fingerprint density at radius 1 is 1.25 bits per heavy atom. The Bertz CT molecular complexity index is 447. The van der Waals surface area contributed by atoms with Crippen LogP contribution in [0.5, 0.6) is 5.75 Å². The van der Waals surface area contributed by atoms with Gasteiger partial charge in [-0.25, -0.2) is 0 Å². The molecule has 0 fully saturated rings. The molecule has 1 aromatic rings. The zero-order valence-corrected chi connectivity index (χ0v) is 13.2. The van der Waals surface area contributed by atoms with Crippen molar-refractivity contribution in [1.82, 2.24) is 4.90 Å². The molecule has 0 aromatic heterocycles. The Balaban J connectivity index is 2.70. The van der Waals surface area contributed by atoms with Gasteiger partial charge in [-0.3, -0.25) is 10.3 Å². The van der Waals surface area contributed by atoms with Gasteiger partial charge in [0.15, 0.2) is 0 Å². The van der Waals surface area contributed by atoms with Crippen LogP contribution in [0, 0.1) is 12.3 Å². The summed E-state index contributed by atoms with van der Waals surface area (Å²) >= 11 is 0. The Hall–Kier alpha value is -1.55. The topological polar surface area (TPSA) is 62.3 Å². The van der Waals surface area contributed by atoms with Crippen LogP contribution in [0.4, 0.5) is 0 Å². The number of nitrogen functional groups attached to an aromatic ring is 1. The highest BCUT2D eigenvalue weighted by Crippen LogP contribution is 2.20. The third-order valence-electron chi connectivity index (χ3n) is 3.36. The summed E-state index contributed by atoms with van der Waals surface area (Å²) < 4.78 is 5.85. The third-order valence-corrected chi connectivity index (χ3v) is 3.36. The van der Waals surface area contributed by atoms with Crippen LogP contribution in [-0.4, -0.2) is 36.0 Å². The number of ether oxygens (including phenoxy) is 1. The van der Waals surface area contributed by atoms with Gasteiger partial charge in [-0.05, 0) is 52.3 Å². The van der Waals surface area contributed by atoms with Crippen LogP contribution in [0.2, 0.25) is 0 Å². The van der Waals surface area contributed by atoms with Gasteiger partial charge in [-0.15, -0.1) is 0 Å². The van der Waals surface area contributed by atoms with Crippen LogP contribution < -0.4 is 10.5 Å². The molecule has 4 heteroatoms. The van der Waals surface area contributed by atoms with Crippen LogP contribution >= 0.6 is 0 Å². The first kappa shape index (κ1) is 16.5. The van der Waals surface area contributed by atoms with Gasteiger partial charge in [-0.1, -0.05) is 6.07 Å². The third kappa shape index (κ3) is 4.53. The number of amidine groups is 1. The van der Waals surface area contributed by atoms with E-state index < -0.39 is 0 Å². The summed E-state index contributed by atoms with van der Waals surface area (Å²) in [6.45, 7) is 12.2. The molecule has 0 atom stereocenters. The number of aryl methyl sites for hydroxylation is 1. The van der Waals surface area contributed by atoms with Gasteiger partial charge in [0.05, 0.1) is 5.56 Å². The molecule has 1 aromatic carbocycles. The highest BCUT2D eigenvalue weighted by Gasteiger charge is 2.14. The fourth-order valence-corrected chi connectivity index (χ4v) is 2.35. The van der Waals surface area contributed by atoms with Crippen molar-refractivity contribution in [2.75, 3.05) is 13.2 Å². The van der Waals surface area contributed by atoms with Gasteiger partial charge in [0.1, 0.15) is 18.2 Å². The zero-order valence-electron chi connectivity index (χ0n) is 13.2. The fraction of sp³-hybridized carbons (Fsp3) is 0.562. The SMILES string of the molecule is Cc1ccc(C(=N)N)c(OCCN(C(C)C)C(C)C)c1. The van der Waals surface area contributed by atoms with Crippen molar-refractivity contribution in [2.24, 2.45) is 5.73 Å². The van der Waals surface area contributed by atoms with Crippen molar-refractivity contribution >= 4 is 5.84 Å². The molecule has 112 valence electrons. The first-order chi connectivity index (χ1) is 9.32. The maximum Gasteiger partial charge on any atom is 0.130 e. The van der Waals surface area contributed by atoms with Crippen LogP contribution in [-0.2, 0) is 0 Å². The molecule has 0 aliphatic rings. The first-order valence-electron chi connectivity index (χ1n) is 7.16. The van der Waals surface area contributed by atoms with Gasteiger partial charge in [0.25, 0.3) is 0 Å². The summed E-state index contributed by atoms with van der Waals surface area (Å²) in [5, 5.41) is 7.59. The molecule has 0 heterocycles. The lowest BCUT2D eigenvalue weighted by atomic mass is 10.1. The first-order valence-corrected chi connectivity index (χ1v) is 7.16. The van der Waals surface area contributed by atoms with Crippen molar-refractivity contribution in [3.8, 4) is 5.75 Å². The van der Waals surface area contributed by atoms with Gasteiger partial charge in [0, 0.05) is 18.6 Å². The van der Waals surface area contributed by atoms with E-state index in [4.69, 9.17) is 15.9 Å². The number of hydrogen-bond donors (Lipinski definition) is 2. The van der Waals surface area contributed by atoms with Crippen LogP contribution in [0.1, 0.15) is 38.8 Å². The van der Waals surface area contributed by atoms with E-state index in [0.717, 1.165) is 12.1 Å². The van der Waals surface area contributed by atoms with Crippen molar-refractivity contribution in [1.29, 1.82) is 5.41 Å². The molecular formula is C16H27N3O. The molecule has 0 spiro atoms. The second kappa shape index (κ2) is 7.29. The van der Waals surface area contributed by atoms with Gasteiger partial charge < -0.3 is 10.5 Å². The number of nitrogens with two attached hydrogens (primary N) is 1. The second-order valence-corrected chi connectivity index (χ2v) is 5.69. The van der Waals surface area contributed by atoms with E-state index in [1.807, 2.05) is 25.1 Å². The summed E-state index contributed by atoms with van der Waals surface area (Å²) in [5.74, 6) is 0.745. The lowest BCUT2D eigenvalue weighted by molar-refractivity contribution is 0.142. The van der Waals surface area contributed by atoms with Gasteiger partial charge in [-0.2, -0.15) is 0 Å². The highest BCUT2D eigenvalue weighted by atomic mass is 16.5. The molecule has 0 unspecified atom stereocenters. The van der Waals surface area contributed by atoms with E-state index in [2.05, 4.69) is 32.6 Å². The standard InChI is InChI=1S/C16H27N3O/c1-11(2)19(12(3)4)8-9-20-15-10-13(5)6-7-14(15)16(17)18/h6-7,10-12H,8-9H2,1-5H3,(H3,17,18). The molecule has 20 heavy (non-hydrogen) atoms. The van der Waals surface area contributed by atoms with Gasteiger partial charge >= 0.3 is 0 Å². The number of benzene rings is 1. The number of hydrogen-bond acceptors (Lipinski definition) is 3. The highest BCUT2D eigenvalue weighted by molar-refractivity contribution is 5.97. The molecule has 0 saturated heterocycles. The van der Waals surface area contributed by atoms with E-state index in [1.54, 1.807) is 0 Å². The molecule has 0 radical (unpaired) electrons. The van der Waals surface area contributed by atoms with Crippen LogP contribution in [0.3, 0.4) is 0 Å². The normalized spacial score (nSPS) is 11.4. The molecular weight excluding hydrogens is 250 g/mol. The van der Waals surface area contributed by atoms with E-state index in [0.29, 0.717) is 30.0 Å². The van der Waals surface area contributed by atoms with Crippen molar-refractivity contribution in [3.05, 3.63) is 29.3 Å². The van der Waals surface area contributed by atoms with Crippen molar-refractivity contribution in [2.45, 2.75) is 46.7 Å². The maximum absolute atomic E-state index is 7.59. The van der Waals surface area contributed by atoms with E-state index >= 15 is 0 Å². The van der Waals surface area contributed by atoms with Crippen LogP contribution in [0.25, 0.3) is 0 Å². The monoisotopic (exact) mass is 277 g/mol. The number of nitrogens with one attached hydrogen (secondary N) is 1. The Morgan fingerprint density at radius 3 is 2.35 bits per heavy atom. The smallest absolute Gasteiger partial charge is 0.130 e. The van der Waals surface area contributed by atoms with E-state index in [9.17, 15) is 0 Å². The average molecular weight is 277 g/mol. The minimum atomic E-state index is 0.0459. The largest absolute Gasteiger partial charge is 0.491 e. The molecule has 0 aliphatic heterocycles. The lowest BCUT2D eigenvalue weighted by Crippen LogP contribution is -2.39. The van der Waals surface area contributed by atoms with Gasteiger partial charge in [0.2, 0.25) is 0 Å². The van der Waals surface area contributed by atoms with E-state index in [-0.39, 0.29) is 5.84 Å². The molecule has 4 nitrogen and oxygen atoms in total. The van der Waals surface area contributed by atoms with Crippen molar-refractivity contribution < 1.29 is 4.74 Å². The maximum atomic E-state index is 7.59. The van der Waals surface area contributed by atoms with Crippen molar-refractivity contribution in [3.63, 3.8) is 0 Å². The minimum absolute atomic E-state index is 0.0459. The van der Waals surface area contributed by atoms with Crippen LogP contribution in [0.15, 0.2) is 18.2 Å². The summed E-state index contributed by atoms with van der Waals surface area (Å²) in [6.07, 6.45) is 0. The average Bonchev–Trinajstić information content (AvgIpc) is 2.33. The molecule has 0 amide bonds. The number of nitrogens with zero attached hydrogens (tertiary/aromatic N) is 1. The molecule has 0 aliphatic carbocycles. The molecule has 0 saturated carbocycles. The summed E-state index contributed by atoms with van der Waals surface area (Å²) in [5.41, 5.74) is 7.35. The predicted molar refractivity (Wildman–Crippen MR) is 84.7 cm³/mol. The fourth-order valence-electron chi connectivity index (χ4n) is 2.35. The summed E-state index contributed by atoms with van der Waals surface area (Å²) in [4.78, 5) is 2.38. The number of rotatable bonds is 7. The predicted octanol–water partition coefficient (Wildman–Crippen LogP) is 2.78. The summed E-state index contributed by atoms with van der Waals surface area (Å²) in [7, 11) is 0. The molecule has 1 rings (SSSR count). The molecule has 3 N–H and O–H groups in total. The summed E-state index contributed by atoms with van der Waals surface area (Å²) in [6, 6.07) is 6.70. The second-order valence-electron chi connectivity index (χ2n) is 5.69. The quantitative estimate of drug-likeness (QED) is 0.595. The Morgan fingerprint density at radius 2 is 1.85 bits per heavy atom. The minimum Gasteiger partial charge on any atom is -0.491 e.